The van der Waals surface area contributed by atoms with Crippen molar-refractivity contribution in [2.45, 2.75) is 13.3 Å². The molecule has 128 valence electrons. The van der Waals surface area contributed by atoms with E-state index in [9.17, 15) is 4.79 Å². The molecule has 0 atom stereocenters. The zero-order valence-corrected chi connectivity index (χ0v) is 15.0. The molecule has 0 spiro atoms. The van der Waals surface area contributed by atoms with E-state index in [4.69, 9.17) is 4.74 Å². The minimum atomic E-state index is -0.0920. The van der Waals surface area contributed by atoms with E-state index >= 15 is 0 Å². The molecule has 3 rings (SSSR count). The predicted molar refractivity (Wildman–Crippen MR) is 99.1 cm³/mol. The normalized spacial score (nSPS) is 10.5. The van der Waals surface area contributed by atoms with Crippen LogP contribution in [-0.4, -0.2) is 29.5 Å². The largest absolute Gasteiger partial charge is 0.497 e. The number of amides is 1. The molecule has 6 heteroatoms. The lowest BCUT2D eigenvalue weighted by molar-refractivity contribution is 0.0957. The van der Waals surface area contributed by atoms with Gasteiger partial charge in [-0.1, -0.05) is 18.2 Å². The number of aryl methyl sites for hydroxylation is 1. The third-order valence-corrected chi connectivity index (χ3v) is 4.92. The van der Waals surface area contributed by atoms with Gasteiger partial charge in [-0.15, -0.1) is 11.3 Å². The van der Waals surface area contributed by atoms with Gasteiger partial charge in [-0.05, 0) is 43.2 Å². The summed E-state index contributed by atoms with van der Waals surface area (Å²) >= 11 is 1.37. The molecule has 0 fully saturated rings. The Morgan fingerprint density at radius 3 is 2.68 bits per heavy atom. The van der Waals surface area contributed by atoms with Gasteiger partial charge in [0.25, 0.3) is 5.91 Å². The van der Waals surface area contributed by atoms with Crippen molar-refractivity contribution in [2.24, 2.45) is 0 Å². The quantitative estimate of drug-likeness (QED) is 0.737. The number of carbonyl (C=O) groups excluding carboxylic acids is 1. The Bertz CT molecular complexity index is 845. The topological polar surface area (TPSA) is 64.1 Å². The molecule has 0 aliphatic rings. The minimum Gasteiger partial charge on any atom is -0.497 e. The number of carbonyl (C=O) groups is 1. The number of thiazole rings is 1. The highest BCUT2D eigenvalue weighted by atomic mass is 32.1. The highest BCUT2D eigenvalue weighted by Gasteiger charge is 2.16. The third-order valence-electron chi connectivity index (χ3n) is 3.75. The number of benzene rings is 1. The second-order valence-corrected chi connectivity index (χ2v) is 6.50. The molecule has 0 saturated carbocycles. The van der Waals surface area contributed by atoms with Crippen molar-refractivity contribution in [3.05, 3.63) is 64.8 Å². The van der Waals surface area contributed by atoms with Crippen LogP contribution in [0.1, 0.15) is 20.9 Å². The Kier molecular flexibility index (Phi) is 5.40. The van der Waals surface area contributed by atoms with Gasteiger partial charge in [0, 0.05) is 12.7 Å². The summed E-state index contributed by atoms with van der Waals surface area (Å²) in [5.74, 6) is 0.737. The second kappa shape index (κ2) is 7.90. The lowest BCUT2D eigenvalue weighted by Crippen LogP contribution is -2.25. The molecule has 0 aliphatic heterocycles. The molecule has 2 aromatic heterocycles. The molecule has 1 amide bonds. The first-order chi connectivity index (χ1) is 12.2. The number of nitrogens with one attached hydrogen (secondary N) is 1. The van der Waals surface area contributed by atoms with Gasteiger partial charge in [-0.25, -0.2) is 4.98 Å². The molecule has 5 nitrogen and oxygen atoms in total. The van der Waals surface area contributed by atoms with Crippen molar-refractivity contribution >= 4 is 17.2 Å². The first-order valence-electron chi connectivity index (χ1n) is 7.97. The van der Waals surface area contributed by atoms with Crippen LogP contribution >= 0.6 is 11.3 Å². The Morgan fingerprint density at radius 1 is 1.20 bits per heavy atom. The van der Waals surface area contributed by atoms with Crippen molar-refractivity contribution in [3.63, 3.8) is 0 Å². The number of pyridine rings is 1. The molecule has 0 aliphatic carbocycles. The van der Waals surface area contributed by atoms with Crippen molar-refractivity contribution in [1.29, 1.82) is 0 Å². The van der Waals surface area contributed by atoms with Crippen LogP contribution in [0.4, 0.5) is 0 Å². The molecular weight excluding hydrogens is 334 g/mol. The summed E-state index contributed by atoms with van der Waals surface area (Å²) in [5.41, 5.74) is 2.66. The fraction of sp³-hybridized carbons (Fsp3) is 0.211. The van der Waals surface area contributed by atoms with Crippen LogP contribution in [-0.2, 0) is 6.42 Å². The fourth-order valence-electron chi connectivity index (χ4n) is 2.40. The van der Waals surface area contributed by atoms with Gasteiger partial charge in [0.15, 0.2) is 0 Å². The first-order valence-corrected chi connectivity index (χ1v) is 8.79. The highest BCUT2D eigenvalue weighted by Crippen LogP contribution is 2.26. The van der Waals surface area contributed by atoms with E-state index in [-0.39, 0.29) is 5.91 Å². The van der Waals surface area contributed by atoms with Gasteiger partial charge in [0.2, 0.25) is 0 Å². The first kappa shape index (κ1) is 17.1. The standard InChI is InChI=1S/C19H19N3O2S/c1-13-17(25-19(22-13)16-5-3-4-11-20-16)18(23)21-12-10-14-6-8-15(24-2)9-7-14/h3-9,11H,10,12H2,1-2H3,(H,21,23). The molecule has 0 unspecified atom stereocenters. The Hall–Kier alpha value is -2.73. The SMILES string of the molecule is COc1ccc(CCNC(=O)c2sc(-c3ccccn3)nc2C)cc1. The summed E-state index contributed by atoms with van der Waals surface area (Å²) in [5, 5.41) is 3.72. The number of ether oxygens (including phenoxy) is 1. The van der Waals surface area contributed by atoms with E-state index in [1.807, 2.05) is 49.4 Å². The molecule has 1 aromatic carbocycles. The van der Waals surface area contributed by atoms with Gasteiger partial charge in [0.05, 0.1) is 18.5 Å². The van der Waals surface area contributed by atoms with Crippen LogP contribution in [0.5, 0.6) is 5.75 Å². The molecule has 2 heterocycles. The van der Waals surface area contributed by atoms with E-state index < -0.39 is 0 Å². The smallest absolute Gasteiger partial charge is 0.263 e. The molecule has 0 bridgehead atoms. The Balaban J connectivity index is 1.60. The van der Waals surface area contributed by atoms with E-state index in [0.717, 1.165) is 34.1 Å². The monoisotopic (exact) mass is 353 g/mol. The van der Waals surface area contributed by atoms with E-state index in [1.54, 1.807) is 13.3 Å². The molecule has 3 aromatic rings. The highest BCUT2D eigenvalue weighted by molar-refractivity contribution is 7.17. The fourth-order valence-corrected chi connectivity index (χ4v) is 3.36. The van der Waals surface area contributed by atoms with Gasteiger partial charge in [0.1, 0.15) is 15.6 Å². The summed E-state index contributed by atoms with van der Waals surface area (Å²) < 4.78 is 5.14. The minimum absolute atomic E-state index is 0.0920. The summed E-state index contributed by atoms with van der Waals surface area (Å²) in [6, 6.07) is 13.5. The van der Waals surface area contributed by atoms with Gasteiger partial charge in [-0.3, -0.25) is 9.78 Å². The lowest BCUT2D eigenvalue weighted by atomic mass is 10.1. The molecular formula is C19H19N3O2S. The zero-order chi connectivity index (χ0) is 17.6. The second-order valence-electron chi connectivity index (χ2n) is 5.50. The summed E-state index contributed by atoms with van der Waals surface area (Å²) in [6.45, 7) is 2.42. The van der Waals surface area contributed by atoms with E-state index in [1.165, 1.54) is 11.3 Å². The number of hydrogen-bond donors (Lipinski definition) is 1. The van der Waals surface area contributed by atoms with Crippen LogP contribution < -0.4 is 10.1 Å². The van der Waals surface area contributed by atoms with Crippen LogP contribution in [0.15, 0.2) is 48.7 Å². The molecule has 0 radical (unpaired) electrons. The predicted octanol–water partition coefficient (Wildman–Crippen LogP) is 3.49. The van der Waals surface area contributed by atoms with Crippen LogP contribution in [0.3, 0.4) is 0 Å². The molecule has 0 saturated heterocycles. The van der Waals surface area contributed by atoms with Crippen LogP contribution in [0.2, 0.25) is 0 Å². The van der Waals surface area contributed by atoms with Gasteiger partial charge in [-0.2, -0.15) is 0 Å². The van der Waals surface area contributed by atoms with Crippen molar-refractivity contribution in [2.75, 3.05) is 13.7 Å². The van der Waals surface area contributed by atoms with E-state index in [2.05, 4.69) is 15.3 Å². The maximum Gasteiger partial charge on any atom is 0.263 e. The molecule has 25 heavy (non-hydrogen) atoms. The van der Waals surface area contributed by atoms with Gasteiger partial charge >= 0.3 is 0 Å². The third kappa shape index (κ3) is 4.22. The van der Waals surface area contributed by atoms with Crippen LogP contribution in [0, 0.1) is 6.92 Å². The number of methoxy groups -OCH3 is 1. The number of rotatable bonds is 6. The van der Waals surface area contributed by atoms with Crippen molar-refractivity contribution in [1.82, 2.24) is 15.3 Å². The van der Waals surface area contributed by atoms with Gasteiger partial charge < -0.3 is 10.1 Å². The summed E-state index contributed by atoms with van der Waals surface area (Å²) in [4.78, 5) is 21.8. The summed E-state index contributed by atoms with van der Waals surface area (Å²) in [7, 11) is 1.64. The Labute approximate surface area is 150 Å². The average molecular weight is 353 g/mol. The average Bonchev–Trinajstić information content (AvgIpc) is 3.05. The number of nitrogens with zero attached hydrogens (tertiary/aromatic N) is 2. The van der Waals surface area contributed by atoms with Crippen molar-refractivity contribution in [3.8, 4) is 16.5 Å². The number of hydrogen-bond acceptors (Lipinski definition) is 5. The van der Waals surface area contributed by atoms with Crippen molar-refractivity contribution < 1.29 is 9.53 Å². The molecule has 1 N–H and O–H groups in total. The maximum absolute atomic E-state index is 12.4. The zero-order valence-electron chi connectivity index (χ0n) is 14.2. The summed E-state index contributed by atoms with van der Waals surface area (Å²) in [6.07, 6.45) is 2.49. The Morgan fingerprint density at radius 2 is 2.00 bits per heavy atom. The van der Waals surface area contributed by atoms with E-state index in [0.29, 0.717) is 11.4 Å². The maximum atomic E-state index is 12.4. The number of aromatic nitrogens is 2. The lowest BCUT2D eigenvalue weighted by Gasteiger charge is -2.05. The van der Waals surface area contributed by atoms with Crippen LogP contribution in [0.25, 0.3) is 10.7 Å².